The van der Waals surface area contributed by atoms with Crippen molar-refractivity contribution in [3.63, 3.8) is 0 Å². The SMILES string of the molecule is O=C(O)C(F)(F)F.O=C1N[C@](Cc2ccc(O)cc2)(Cc2ccnc3ccccc23)C(=O)N1c1ccc(S(=O)(=O)C(F)(F)F)cc1. The van der Waals surface area contributed by atoms with E-state index >= 15 is 0 Å². The van der Waals surface area contributed by atoms with Gasteiger partial charge in [-0.1, -0.05) is 30.3 Å². The molecule has 17 heteroatoms. The number of hydrogen-bond donors (Lipinski definition) is 3. The number of urea groups is 1. The fourth-order valence-electron chi connectivity index (χ4n) is 4.66. The molecule has 1 aliphatic heterocycles. The van der Waals surface area contributed by atoms with E-state index in [9.17, 15) is 49.5 Å². The second-order valence-corrected chi connectivity index (χ2v) is 11.8. The van der Waals surface area contributed by atoms with Crippen LogP contribution in [0.1, 0.15) is 11.1 Å². The summed E-state index contributed by atoms with van der Waals surface area (Å²) in [4.78, 5) is 40.2. The standard InChI is InChI=1S/C27H20F3N3O5S.C2HF3O2/c28-27(29,30)39(37,38)21-11-7-19(8-12-21)33-24(35)26(32-25(33)36,15-17-5-9-20(34)10-6-17)16-18-13-14-31-23-4-2-1-3-22(18)23;3-2(4,5)1(6)7/h1-14,34H,15-16H2,(H,32,36);(H,6,7)/t26-;/m1./s1. The number of sulfone groups is 1. The number of imide groups is 1. The van der Waals surface area contributed by atoms with Gasteiger partial charge in [-0.25, -0.2) is 22.9 Å². The summed E-state index contributed by atoms with van der Waals surface area (Å²) < 4.78 is 94.1. The van der Waals surface area contributed by atoms with Crippen LogP contribution in [0.4, 0.5) is 36.8 Å². The highest BCUT2D eigenvalue weighted by Crippen LogP contribution is 2.35. The number of halogens is 6. The molecule has 0 bridgehead atoms. The summed E-state index contributed by atoms with van der Waals surface area (Å²) in [5.41, 5.74) is -5.05. The van der Waals surface area contributed by atoms with Gasteiger partial charge in [0.25, 0.3) is 15.7 Å². The number of nitrogens with one attached hydrogen (secondary N) is 1. The van der Waals surface area contributed by atoms with Gasteiger partial charge in [0, 0.05) is 24.4 Å². The van der Waals surface area contributed by atoms with Crippen LogP contribution in [0.15, 0.2) is 90.0 Å². The van der Waals surface area contributed by atoms with Gasteiger partial charge in [-0.2, -0.15) is 26.3 Å². The van der Waals surface area contributed by atoms with Crippen LogP contribution in [0, 0.1) is 0 Å². The molecule has 5 rings (SSSR count). The van der Waals surface area contributed by atoms with Crippen LogP contribution >= 0.6 is 0 Å². The lowest BCUT2D eigenvalue weighted by Crippen LogP contribution is -2.51. The number of aliphatic carboxylic acids is 1. The number of alkyl halides is 6. The maximum atomic E-state index is 14.0. The zero-order valence-electron chi connectivity index (χ0n) is 23.0. The van der Waals surface area contributed by atoms with Gasteiger partial charge in [-0.3, -0.25) is 9.78 Å². The Balaban J connectivity index is 0.000000617. The summed E-state index contributed by atoms with van der Waals surface area (Å²) in [7, 11) is -5.60. The van der Waals surface area contributed by atoms with E-state index < -0.39 is 49.9 Å². The molecule has 1 saturated heterocycles. The molecule has 3 amide bonds. The van der Waals surface area contributed by atoms with E-state index in [1.54, 1.807) is 24.4 Å². The Morgan fingerprint density at radius 3 is 2.02 bits per heavy atom. The Morgan fingerprint density at radius 2 is 1.46 bits per heavy atom. The third-order valence-corrected chi connectivity index (χ3v) is 8.29. The number of carboxylic acid groups (broad SMARTS) is 1. The first-order chi connectivity index (χ1) is 21.4. The van der Waals surface area contributed by atoms with Crippen LogP contribution in [0.25, 0.3) is 10.9 Å². The molecule has 0 saturated carbocycles. The number of phenols is 1. The highest BCUT2D eigenvalue weighted by molar-refractivity contribution is 7.92. The van der Waals surface area contributed by atoms with Crippen molar-refractivity contribution in [1.29, 1.82) is 0 Å². The average Bonchev–Trinajstić information content (AvgIpc) is 3.22. The zero-order chi connectivity index (χ0) is 34.1. The Hall–Kier alpha value is -5.19. The second kappa shape index (κ2) is 12.3. The van der Waals surface area contributed by atoms with E-state index in [-0.39, 0.29) is 24.3 Å². The fourth-order valence-corrected chi connectivity index (χ4v) is 5.42. The van der Waals surface area contributed by atoms with Gasteiger partial charge in [-0.05, 0) is 59.7 Å². The molecule has 0 spiro atoms. The molecular formula is C29H21F6N3O7S. The molecule has 0 aliphatic carbocycles. The first-order valence-electron chi connectivity index (χ1n) is 12.8. The van der Waals surface area contributed by atoms with E-state index in [4.69, 9.17) is 9.90 Å². The highest BCUT2D eigenvalue weighted by Gasteiger charge is 2.52. The van der Waals surface area contributed by atoms with Crippen LogP contribution in [0.2, 0.25) is 0 Å². The van der Waals surface area contributed by atoms with Crippen LogP contribution in [0.3, 0.4) is 0 Å². The van der Waals surface area contributed by atoms with Crippen molar-refractivity contribution in [2.24, 2.45) is 0 Å². The Bertz CT molecular complexity index is 1890. The number of carboxylic acids is 1. The topological polar surface area (TPSA) is 154 Å². The number of nitrogens with zero attached hydrogens (tertiary/aromatic N) is 2. The Kier molecular flexibility index (Phi) is 9.01. The van der Waals surface area contributed by atoms with E-state index in [1.165, 1.54) is 12.1 Å². The number of fused-ring (bicyclic) bond motifs is 1. The quantitative estimate of drug-likeness (QED) is 0.188. The van der Waals surface area contributed by atoms with Gasteiger partial charge in [0.2, 0.25) is 0 Å². The summed E-state index contributed by atoms with van der Waals surface area (Å²) in [5, 5.41) is 20.3. The smallest absolute Gasteiger partial charge is 0.501 e. The molecule has 1 atom stereocenters. The molecule has 4 aromatic rings. The number of carbonyl (C=O) groups excluding carboxylic acids is 2. The van der Waals surface area contributed by atoms with Crippen molar-refractivity contribution in [2.75, 3.05) is 4.90 Å². The average molecular weight is 670 g/mol. The minimum atomic E-state index is -5.60. The molecule has 1 aromatic heterocycles. The van der Waals surface area contributed by atoms with Gasteiger partial charge >= 0.3 is 23.7 Å². The van der Waals surface area contributed by atoms with E-state index in [0.717, 1.165) is 28.0 Å². The number of amides is 3. The molecule has 46 heavy (non-hydrogen) atoms. The number of anilines is 1. The van der Waals surface area contributed by atoms with Crippen molar-refractivity contribution in [2.45, 2.75) is 35.0 Å². The van der Waals surface area contributed by atoms with Crippen LogP contribution in [0.5, 0.6) is 5.75 Å². The number of benzene rings is 3. The van der Waals surface area contributed by atoms with Crippen LogP contribution < -0.4 is 10.2 Å². The number of pyridine rings is 1. The van der Waals surface area contributed by atoms with E-state index in [0.29, 0.717) is 23.2 Å². The number of aromatic hydroxyl groups is 1. The first-order valence-corrected chi connectivity index (χ1v) is 14.3. The molecule has 2 heterocycles. The summed E-state index contributed by atoms with van der Waals surface area (Å²) in [6.07, 6.45) is -3.41. The fraction of sp³-hybridized carbons (Fsp3) is 0.172. The predicted octanol–water partition coefficient (Wildman–Crippen LogP) is 5.15. The predicted molar refractivity (Wildman–Crippen MR) is 149 cm³/mol. The summed E-state index contributed by atoms with van der Waals surface area (Å²) >= 11 is 0. The summed E-state index contributed by atoms with van der Waals surface area (Å²) in [6, 6.07) is 17.7. The Morgan fingerprint density at radius 1 is 0.870 bits per heavy atom. The van der Waals surface area contributed by atoms with Crippen molar-refractivity contribution in [1.82, 2.24) is 10.3 Å². The largest absolute Gasteiger partial charge is 0.508 e. The molecule has 3 N–H and O–H groups in total. The monoisotopic (exact) mass is 669 g/mol. The van der Waals surface area contributed by atoms with Crippen LogP contribution in [-0.2, 0) is 32.3 Å². The van der Waals surface area contributed by atoms with Gasteiger partial charge in [0.15, 0.2) is 0 Å². The molecule has 10 nitrogen and oxygen atoms in total. The second-order valence-electron chi connectivity index (χ2n) is 9.91. The molecule has 242 valence electrons. The van der Waals surface area contributed by atoms with Gasteiger partial charge in [0.05, 0.1) is 16.1 Å². The lowest BCUT2D eigenvalue weighted by molar-refractivity contribution is -0.192. The normalized spacial score (nSPS) is 17.0. The number of aromatic nitrogens is 1. The molecule has 0 unspecified atom stereocenters. The summed E-state index contributed by atoms with van der Waals surface area (Å²) in [6.45, 7) is 0. The molecule has 0 radical (unpaired) electrons. The minimum Gasteiger partial charge on any atom is -0.508 e. The molecule has 1 aliphatic rings. The van der Waals surface area contributed by atoms with Gasteiger partial charge in [0.1, 0.15) is 11.3 Å². The van der Waals surface area contributed by atoms with Crippen molar-refractivity contribution >= 4 is 44.3 Å². The molecular weight excluding hydrogens is 648 g/mol. The number of hydrogen-bond acceptors (Lipinski definition) is 7. The highest BCUT2D eigenvalue weighted by atomic mass is 32.2. The molecule has 3 aromatic carbocycles. The molecule has 1 fully saturated rings. The summed E-state index contributed by atoms with van der Waals surface area (Å²) in [5.74, 6) is -3.41. The van der Waals surface area contributed by atoms with E-state index in [1.807, 2.05) is 24.3 Å². The zero-order valence-corrected chi connectivity index (χ0v) is 23.8. The van der Waals surface area contributed by atoms with Gasteiger partial charge < -0.3 is 15.5 Å². The minimum absolute atomic E-state index is 0.0187. The van der Waals surface area contributed by atoms with Crippen LogP contribution in [-0.4, -0.2) is 58.7 Å². The number of para-hydroxylation sites is 1. The first kappa shape index (κ1) is 33.7. The number of carbonyl (C=O) groups is 3. The van der Waals surface area contributed by atoms with Crippen molar-refractivity contribution in [3.05, 3.63) is 96.2 Å². The van der Waals surface area contributed by atoms with E-state index in [2.05, 4.69) is 10.3 Å². The third-order valence-electron chi connectivity index (χ3n) is 6.79. The van der Waals surface area contributed by atoms with Crippen molar-refractivity contribution in [3.8, 4) is 5.75 Å². The number of phenolic OH excluding ortho intramolecular Hbond substituents is 1. The van der Waals surface area contributed by atoms with Gasteiger partial charge in [-0.15, -0.1) is 0 Å². The Labute approximate surface area is 255 Å². The lowest BCUT2D eigenvalue weighted by atomic mass is 9.83. The number of rotatable bonds is 6. The maximum Gasteiger partial charge on any atom is 0.501 e. The lowest BCUT2D eigenvalue weighted by Gasteiger charge is -2.28. The maximum absolute atomic E-state index is 14.0. The van der Waals surface area contributed by atoms with Crippen molar-refractivity contribution < 1.29 is 59.4 Å². The third kappa shape index (κ3) is 6.88.